The summed E-state index contributed by atoms with van der Waals surface area (Å²) in [5.41, 5.74) is 4.30. The molecule has 2 N–H and O–H groups in total. The van der Waals surface area contributed by atoms with Crippen LogP contribution in [0.2, 0.25) is 18.1 Å². The van der Waals surface area contributed by atoms with Crippen molar-refractivity contribution in [3.8, 4) is 11.4 Å². The molecule has 1 aromatic heterocycles. The van der Waals surface area contributed by atoms with Crippen LogP contribution in [0.25, 0.3) is 5.69 Å². The fraction of sp³-hybridized carbons (Fsp3) is 0.267. The summed E-state index contributed by atoms with van der Waals surface area (Å²) in [6, 6.07) is 20.9. The van der Waals surface area contributed by atoms with Crippen molar-refractivity contribution < 1.29 is 14.3 Å². The zero-order chi connectivity index (χ0) is 28.3. The molecule has 2 heterocycles. The van der Waals surface area contributed by atoms with Gasteiger partial charge < -0.3 is 14.8 Å². The predicted molar refractivity (Wildman–Crippen MR) is 160 cm³/mol. The molecule has 0 saturated heterocycles. The summed E-state index contributed by atoms with van der Waals surface area (Å²) in [7, 11) is -2.37. The molecule has 0 atom stereocenters. The normalized spacial score (nSPS) is 12.7. The molecule has 1 aliphatic rings. The maximum atomic E-state index is 12.5. The van der Waals surface area contributed by atoms with E-state index in [2.05, 4.69) is 15.5 Å². The van der Waals surface area contributed by atoms with Gasteiger partial charge in [-0.05, 0) is 80.5 Å². The molecule has 0 saturated carbocycles. The molecule has 3 aromatic carbocycles. The van der Waals surface area contributed by atoms with Crippen LogP contribution < -0.4 is 15.2 Å². The fourth-order valence-corrected chi connectivity index (χ4v) is 5.76. The van der Waals surface area contributed by atoms with Crippen LogP contribution in [0.15, 0.2) is 71.7 Å². The highest BCUT2D eigenvalue weighted by atomic mass is 35.5. The van der Waals surface area contributed by atoms with Crippen molar-refractivity contribution in [2.24, 2.45) is 4.99 Å². The number of halogens is 1. The van der Waals surface area contributed by atoms with Crippen LogP contribution in [-0.4, -0.2) is 52.6 Å². The number of nitrogens with one attached hydrogen (secondary N) is 1. The lowest BCUT2D eigenvalue weighted by Gasteiger charge is -2.15. The monoisotopic (exact) mass is 573 g/mol. The number of rotatable bonds is 9. The first kappa shape index (κ1) is 27.8. The molecule has 8 nitrogen and oxygen atoms in total. The number of aromatic nitrogens is 3. The second-order valence-electron chi connectivity index (χ2n) is 10.3. The third-order valence-electron chi connectivity index (χ3n) is 6.83. The maximum absolute atomic E-state index is 12.5. The van der Waals surface area contributed by atoms with Crippen molar-refractivity contribution in [2.45, 2.75) is 39.4 Å². The highest BCUT2D eigenvalue weighted by Gasteiger charge is 2.23. The van der Waals surface area contributed by atoms with Gasteiger partial charge in [-0.1, -0.05) is 35.9 Å². The Hall–Kier alpha value is -3.79. The largest absolute Gasteiger partial charge is 0.494 e. The molecule has 0 spiro atoms. The minimum absolute atomic E-state index is 0.117. The number of carbonyl (C=O) groups excluding carboxylic acids is 1. The van der Waals surface area contributed by atoms with Crippen LogP contribution in [0.1, 0.15) is 46.0 Å². The standard InChI is InChI=1S/C30H32ClN5O3Si/c1-20-34-35-28-19-33-29(21-6-10-23(31)11-7-21)26-18-24(12-15-27(26)36(20)28)39-17-5-4-16-32-30(37)22-8-13-25(14-9-22)40(2,3)38/h6-15,18,38H,4-5,16-17,19H2,1-3H3,(H,32,37). The van der Waals surface area contributed by atoms with E-state index in [4.69, 9.17) is 21.3 Å². The summed E-state index contributed by atoms with van der Waals surface area (Å²) in [6.07, 6.45) is 1.57. The number of amides is 1. The molecule has 0 radical (unpaired) electrons. The molecule has 0 bridgehead atoms. The Kier molecular flexibility index (Phi) is 8.16. The van der Waals surface area contributed by atoms with E-state index in [1.54, 1.807) is 12.1 Å². The van der Waals surface area contributed by atoms with Gasteiger partial charge in [0.2, 0.25) is 8.32 Å². The van der Waals surface area contributed by atoms with Gasteiger partial charge in [-0.15, -0.1) is 10.2 Å². The van der Waals surface area contributed by atoms with Gasteiger partial charge >= 0.3 is 0 Å². The van der Waals surface area contributed by atoms with Crippen LogP contribution in [0.5, 0.6) is 5.75 Å². The Morgan fingerprint density at radius 1 is 1.05 bits per heavy atom. The summed E-state index contributed by atoms with van der Waals surface area (Å²) in [5, 5.41) is 13.1. The quantitative estimate of drug-likeness (QED) is 0.225. The third-order valence-corrected chi connectivity index (χ3v) is 8.83. The van der Waals surface area contributed by atoms with Crippen molar-refractivity contribution in [1.29, 1.82) is 0 Å². The minimum Gasteiger partial charge on any atom is -0.494 e. The molecular weight excluding hydrogens is 542 g/mol. The second-order valence-corrected chi connectivity index (χ2v) is 14.4. The number of hydrogen-bond acceptors (Lipinski definition) is 6. The van der Waals surface area contributed by atoms with E-state index in [1.165, 1.54) is 0 Å². The van der Waals surface area contributed by atoms with E-state index in [-0.39, 0.29) is 5.91 Å². The van der Waals surface area contributed by atoms with Crippen LogP contribution >= 0.6 is 11.6 Å². The average molecular weight is 574 g/mol. The first-order chi connectivity index (χ1) is 19.2. The Morgan fingerprint density at radius 2 is 1.80 bits per heavy atom. The highest BCUT2D eigenvalue weighted by Crippen LogP contribution is 2.29. The van der Waals surface area contributed by atoms with Crippen molar-refractivity contribution in [1.82, 2.24) is 20.1 Å². The lowest BCUT2D eigenvalue weighted by atomic mass is 10.00. The van der Waals surface area contributed by atoms with Gasteiger partial charge in [-0.2, -0.15) is 0 Å². The second kappa shape index (κ2) is 11.8. The molecule has 0 fully saturated rings. The number of carbonyl (C=O) groups is 1. The topological polar surface area (TPSA) is 102 Å². The summed E-state index contributed by atoms with van der Waals surface area (Å²) >= 11 is 6.13. The highest BCUT2D eigenvalue weighted by molar-refractivity contribution is 6.83. The summed E-state index contributed by atoms with van der Waals surface area (Å²) in [4.78, 5) is 27.6. The van der Waals surface area contributed by atoms with Gasteiger partial charge in [0.05, 0.1) is 18.0 Å². The van der Waals surface area contributed by atoms with Crippen LogP contribution in [-0.2, 0) is 6.54 Å². The van der Waals surface area contributed by atoms with Crippen molar-refractivity contribution in [3.05, 3.63) is 100 Å². The average Bonchev–Trinajstić information content (AvgIpc) is 3.22. The summed E-state index contributed by atoms with van der Waals surface area (Å²) in [5.74, 6) is 2.21. The molecule has 1 aliphatic heterocycles. The molecule has 0 unspecified atom stereocenters. The van der Waals surface area contributed by atoms with Crippen LogP contribution in [0.3, 0.4) is 0 Å². The van der Waals surface area contributed by atoms with E-state index in [1.807, 2.05) is 79.2 Å². The maximum Gasteiger partial charge on any atom is 0.251 e. The molecular formula is C30H32ClN5O3Si. The number of hydrogen-bond donors (Lipinski definition) is 2. The Bertz CT molecular complexity index is 1540. The van der Waals surface area contributed by atoms with E-state index >= 15 is 0 Å². The van der Waals surface area contributed by atoms with E-state index in [9.17, 15) is 9.59 Å². The molecule has 1 amide bonds. The smallest absolute Gasteiger partial charge is 0.251 e. The Morgan fingerprint density at radius 3 is 2.52 bits per heavy atom. The number of aliphatic imine (C=N–C) groups is 1. The number of nitrogens with zero attached hydrogens (tertiary/aromatic N) is 4. The first-order valence-corrected chi connectivity index (χ1v) is 16.6. The minimum atomic E-state index is -2.37. The Balaban J connectivity index is 1.21. The van der Waals surface area contributed by atoms with Gasteiger partial charge in [0, 0.05) is 28.3 Å². The fourth-order valence-electron chi connectivity index (χ4n) is 4.65. The Labute approximate surface area is 239 Å². The number of aryl methyl sites for hydroxylation is 1. The van der Waals surface area contributed by atoms with E-state index in [0.717, 1.165) is 58.0 Å². The summed E-state index contributed by atoms with van der Waals surface area (Å²) in [6.45, 7) is 7.14. The van der Waals surface area contributed by atoms with Crippen molar-refractivity contribution in [2.75, 3.05) is 13.2 Å². The number of unbranched alkanes of at least 4 members (excludes halogenated alkanes) is 1. The zero-order valence-corrected chi connectivity index (χ0v) is 24.6. The lowest BCUT2D eigenvalue weighted by molar-refractivity contribution is 0.0952. The molecule has 4 aromatic rings. The van der Waals surface area contributed by atoms with Crippen LogP contribution in [0, 0.1) is 6.92 Å². The van der Waals surface area contributed by atoms with Crippen LogP contribution in [0.4, 0.5) is 0 Å². The van der Waals surface area contributed by atoms with Crippen molar-refractivity contribution >= 4 is 36.7 Å². The van der Waals surface area contributed by atoms with Gasteiger partial charge in [0.1, 0.15) is 18.1 Å². The molecule has 40 heavy (non-hydrogen) atoms. The molecule has 206 valence electrons. The SMILES string of the molecule is Cc1nnc2n1-c1ccc(OCCCCNC(=O)c3ccc([Si](C)(C)O)cc3)cc1C(c1ccc(Cl)cc1)=NC2. The third kappa shape index (κ3) is 6.17. The first-order valence-electron chi connectivity index (χ1n) is 13.3. The number of benzene rings is 3. The molecule has 5 rings (SSSR count). The van der Waals surface area contributed by atoms with E-state index in [0.29, 0.717) is 30.3 Å². The molecule has 10 heteroatoms. The summed E-state index contributed by atoms with van der Waals surface area (Å²) < 4.78 is 8.14. The van der Waals surface area contributed by atoms with Gasteiger partial charge in [0.25, 0.3) is 5.91 Å². The van der Waals surface area contributed by atoms with Crippen molar-refractivity contribution in [3.63, 3.8) is 0 Å². The number of fused-ring (bicyclic) bond motifs is 3. The predicted octanol–water partition coefficient (Wildman–Crippen LogP) is 4.57. The van der Waals surface area contributed by atoms with E-state index < -0.39 is 8.32 Å². The lowest BCUT2D eigenvalue weighted by Crippen LogP contribution is -2.41. The zero-order valence-electron chi connectivity index (χ0n) is 22.8. The van der Waals surface area contributed by atoms with Gasteiger partial charge in [-0.3, -0.25) is 14.4 Å². The van der Waals surface area contributed by atoms with Gasteiger partial charge in [-0.25, -0.2) is 0 Å². The molecule has 0 aliphatic carbocycles. The van der Waals surface area contributed by atoms with Gasteiger partial charge in [0.15, 0.2) is 5.82 Å². The number of ether oxygens (including phenoxy) is 1.